The number of hydrogen-bond acceptors (Lipinski definition) is 3. The van der Waals surface area contributed by atoms with Crippen LogP contribution in [0.2, 0.25) is 0 Å². The number of alkyl halides is 4. The molecule has 0 aliphatic heterocycles. The van der Waals surface area contributed by atoms with Crippen LogP contribution in [0.15, 0.2) is 5.38 Å². The lowest BCUT2D eigenvalue weighted by molar-refractivity contribution is -0.125. The molecule has 0 aliphatic carbocycles. The van der Waals surface area contributed by atoms with E-state index in [2.05, 4.69) is 10.3 Å². The van der Waals surface area contributed by atoms with Crippen LogP contribution < -0.4 is 5.32 Å². The van der Waals surface area contributed by atoms with Crippen molar-refractivity contribution in [1.29, 1.82) is 0 Å². The lowest BCUT2D eigenvalue weighted by Gasteiger charge is -2.15. The molecule has 1 rings (SSSR count). The number of thiazole rings is 1. The highest BCUT2D eigenvalue weighted by atomic mass is 32.1. The standard InChI is InChI=1S/C11H16F4N2S/c1-10(2,3)7-5-18-8(17-7)4-16-6-11(14,15)9(12)13/h5,9,16H,4,6H2,1-3H3. The monoisotopic (exact) mass is 284 g/mol. The van der Waals surface area contributed by atoms with Crippen molar-refractivity contribution in [3.63, 3.8) is 0 Å². The van der Waals surface area contributed by atoms with E-state index in [1.165, 1.54) is 11.3 Å². The van der Waals surface area contributed by atoms with Crippen molar-refractivity contribution in [1.82, 2.24) is 10.3 Å². The molecular weight excluding hydrogens is 268 g/mol. The molecule has 0 aromatic carbocycles. The smallest absolute Gasteiger partial charge is 0.305 e. The minimum atomic E-state index is -4.00. The molecule has 0 bridgehead atoms. The lowest BCUT2D eigenvalue weighted by atomic mass is 9.93. The summed E-state index contributed by atoms with van der Waals surface area (Å²) in [5.41, 5.74) is 0.756. The maximum Gasteiger partial charge on any atom is 0.319 e. The van der Waals surface area contributed by atoms with Crippen molar-refractivity contribution >= 4 is 11.3 Å². The lowest BCUT2D eigenvalue weighted by Crippen LogP contribution is -2.38. The van der Waals surface area contributed by atoms with Gasteiger partial charge in [-0.2, -0.15) is 8.78 Å². The number of nitrogens with zero attached hydrogens (tertiary/aromatic N) is 1. The van der Waals surface area contributed by atoms with Crippen LogP contribution in [0, 0.1) is 0 Å². The zero-order chi connectivity index (χ0) is 14.0. The summed E-state index contributed by atoms with van der Waals surface area (Å²) in [4.78, 5) is 4.27. The molecule has 1 aromatic heterocycles. The van der Waals surface area contributed by atoms with Crippen LogP contribution in [0.1, 0.15) is 31.5 Å². The van der Waals surface area contributed by atoms with Crippen molar-refractivity contribution in [3.8, 4) is 0 Å². The quantitative estimate of drug-likeness (QED) is 0.838. The van der Waals surface area contributed by atoms with E-state index in [9.17, 15) is 17.6 Å². The molecule has 0 saturated carbocycles. The number of rotatable bonds is 5. The molecule has 1 heterocycles. The second kappa shape index (κ2) is 5.52. The molecule has 0 atom stereocenters. The second-order valence-electron chi connectivity index (χ2n) is 5.04. The van der Waals surface area contributed by atoms with Crippen LogP contribution in [0.5, 0.6) is 0 Å². The summed E-state index contributed by atoms with van der Waals surface area (Å²) in [6, 6.07) is 0. The first kappa shape index (κ1) is 15.4. The summed E-state index contributed by atoms with van der Waals surface area (Å²) in [6.07, 6.45) is -3.65. The number of hydrogen-bond donors (Lipinski definition) is 1. The molecule has 1 N–H and O–H groups in total. The van der Waals surface area contributed by atoms with Crippen molar-refractivity contribution in [2.45, 2.75) is 45.1 Å². The molecule has 0 radical (unpaired) electrons. The van der Waals surface area contributed by atoms with Gasteiger partial charge in [-0.05, 0) is 0 Å². The Balaban J connectivity index is 2.48. The summed E-state index contributed by atoms with van der Waals surface area (Å²) < 4.78 is 49.0. The van der Waals surface area contributed by atoms with Gasteiger partial charge in [-0.15, -0.1) is 11.3 Å². The number of aromatic nitrogens is 1. The van der Waals surface area contributed by atoms with Crippen molar-refractivity contribution in [3.05, 3.63) is 16.1 Å². The van der Waals surface area contributed by atoms with E-state index >= 15 is 0 Å². The van der Waals surface area contributed by atoms with Gasteiger partial charge >= 0.3 is 12.3 Å². The summed E-state index contributed by atoms with van der Waals surface area (Å²) in [7, 11) is 0. The zero-order valence-corrected chi connectivity index (χ0v) is 11.3. The normalized spacial score (nSPS) is 13.3. The number of nitrogens with one attached hydrogen (secondary N) is 1. The average Bonchev–Trinajstić information content (AvgIpc) is 2.65. The Morgan fingerprint density at radius 3 is 2.39 bits per heavy atom. The molecule has 104 valence electrons. The first-order chi connectivity index (χ1) is 8.13. The predicted octanol–water partition coefficient (Wildman–Crippen LogP) is 3.43. The number of halogens is 4. The van der Waals surface area contributed by atoms with Crippen molar-refractivity contribution in [2.24, 2.45) is 0 Å². The van der Waals surface area contributed by atoms with Gasteiger partial charge in [-0.1, -0.05) is 20.8 Å². The van der Waals surface area contributed by atoms with Crippen LogP contribution in [0.25, 0.3) is 0 Å². The van der Waals surface area contributed by atoms with E-state index in [0.717, 1.165) is 5.69 Å². The summed E-state index contributed by atoms with van der Waals surface area (Å²) in [6.45, 7) is 5.00. The third kappa shape index (κ3) is 4.20. The van der Waals surface area contributed by atoms with E-state index in [0.29, 0.717) is 5.01 Å². The molecule has 0 amide bonds. The molecule has 0 fully saturated rings. The molecule has 0 saturated heterocycles. The van der Waals surface area contributed by atoms with Gasteiger partial charge in [0.2, 0.25) is 0 Å². The van der Waals surface area contributed by atoms with Crippen molar-refractivity contribution in [2.75, 3.05) is 6.54 Å². The molecule has 1 aromatic rings. The molecule has 18 heavy (non-hydrogen) atoms. The SMILES string of the molecule is CC(C)(C)c1csc(CNCC(F)(F)C(F)F)n1. The minimum Gasteiger partial charge on any atom is -0.305 e. The molecule has 0 aliphatic rings. The van der Waals surface area contributed by atoms with Crippen LogP contribution in [-0.4, -0.2) is 23.9 Å². The fraction of sp³-hybridized carbons (Fsp3) is 0.727. The first-order valence-corrected chi connectivity index (χ1v) is 6.32. The Morgan fingerprint density at radius 2 is 1.94 bits per heavy atom. The maximum atomic E-state index is 12.6. The Hall–Kier alpha value is -0.690. The maximum absolute atomic E-state index is 12.6. The third-order valence-electron chi connectivity index (χ3n) is 2.28. The average molecular weight is 284 g/mol. The molecule has 7 heteroatoms. The highest BCUT2D eigenvalue weighted by molar-refractivity contribution is 7.09. The second-order valence-corrected chi connectivity index (χ2v) is 5.98. The zero-order valence-electron chi connectivity index (χ0n) is 10.4. The minimum absolute atomic E-state index is 0.0725. The highest BCUT2D eigenvalue weighted by Crippen LogP contribution is 2.24. The molecule has 0 unspecified atom stereocenters. The van der Waals surface area contributed by atoms with Gasteiger partial charge in [-0.25, -0.2) is 13.8 Å². The topological polar surface area (TPSA) is 24.9 Å². The first-order valence-electron chi connectivity index (χ1n) is 5.44. The third-order valence-corrected chi connectivity index (χ3v) is 3.13. The van der Waals surface area contributed by atoms with Gasteiger partial charge in [0.15, 0.2) is 0 Å². The van der Waals surface area contributed by atoms with Gasteiger partial charge in [0.1, 0.15) is 5.01 Å². The van der Waals surface area contributed by atoms with E-state index in [4.69, 9.17) is 0 Å². The van der Waals surface area contributed by atoms with Gasteiger partial charge in [0.05, 0.1) is 12.2 Å². The summed E-state index contributed by atoms with van der Waals surface area (Å²) in [5, 5.41) is 4.77. The van der Waals surface area contributed by atoms with Crippen molar-refractivity contribution < 1.29 is 17.6 Å². The fourth-order valence-electron chi connectivity index (χ4n) is 1.15. The summed E-state index contributed by atoms with van der Waals surface area (Å²) in [5.74, 6) is -4.00. The van der Waals surface area contributed by atoms with Gasteiger partial charge < -0.3 is 5.32 Å². The Bertz CT molecular complexity index is 385. The van der Waals surface area contributed by atoms with Crippen LogP contribution in [-0.2, 0) is 12.0 Å². The van der Waals surface area contributed by atoms with Gasteiger partial charge in [-0.3, -0.25) is 0 Å². The van der Waals surface area contributed by atoms with E-state index in [1.54, 1.807) is 0 Å². The molecule has 2 nitrogen and oxygen atoms in total. The fourth-order valence-corrected chi connectivity index (χ4v) is 2.14. The van der Waals surface area contributed by atoms with Crippen LogP contribution >= 0.6 is 11.3 Å². The van der Waals surface area contributed by atoms with Gasteiger partial charge in [0, 0.05) is 17.3 Å². The Morgan fingerprint density at radius 1 is 1.33 bits per heavy atom. The Labute approximate surface area is 107 Å². The Kier molecular flexibility index (Phi) is 4.72. The summed E-state index contributed by atoms with van der Waals surface area (Å²) >= 11 is 1.33. The van der Waals surface area contributed by atoms with E-state index in [1.807, 2.05) is 26.2 Å². The van der Waals surface area contributed by atoms with Gasteiger partial charge in [0.25, 0.3) is 0 Å². The van der Waals surface area contributed by atoms with Crippen LogP contribution in [0.3, 0.4) is 0 Å². The van der Waals surface area contributed by atoms with Crippen LogP contribution in [0.4, 0.5) is 17.6 Å². The highest BCUT2D eigenvalue weighted by Gasteiger charge is 2.40. The predicted molar refractivity (Wildman–Crippen MR) is 63.5 cm³/mol. The van der Waals surface area contributed by atoms with E-state index in [-0.39, 0.29) is 12.0 Å². The van der Waals surface area contributed by atoms with E-state index < -0.39 is 18.9 Å². The molecular formula is C11H16F4N2S. The molecule has 0 spiro atoms. The largest absolute Gasteiger partial charge is 0.319 e.